The molecule has 4 heterocycles. The van der Waals surface area contributed by atoms with Crippen molar-refractivity contribution in [2.45, 2.75) is 39.2 Å². The van der Waals surface area contributed by atoms with Crippen molar-refractivity contribution >= 4 is 17.4 Å². The van der Waals surface area contributed by atoms with Crippen molar-refractivity contribution in [2.24, 2.45) is 24.8 Å². The first-order chi connectivity index (χ1) is 15.3. The number of nitrogens with one attached hydrogen (secondary N) is 1. The van der Waals surface area contributed by atoms with Gasteiger partial charge in [-0.2, -0.15) is 10.2 Å². The fourth-order valence-electron chi connectivity index (χ4n) is 5.13. The summed E-state index contributed by atoms with van der Waals surface area (Å²) in [7, 11) is 1.91. The summed E-state index contributed by atoms with van der Waals surface area (Å²) in [6.07, 6.45) is 9.57. The summed E-state index contributed by atoms with van der Waals surface area (Å²) in [6, 6.07) is 2.02. The molecule has 1 amide bonds. The van der Waals surface area contributed by atoms with Gasteiger partial charge in [-0.05, 0) is 51.5 Å². The van der Waals surface area contributed by atoms with Crippen LogP contribution in [0.1, 0.15) is 33.6 Å². The van der Waals surface area contributed by atoms with E-state index in [1.807, 2.05) is 63.2 Å². The number of aromatic nitrogens is 5. The van der Waals surface area contributed by atoms with Crippen LogP contribution >= 0.6 is 0 Å². The molecule has 2 bridgehead atoms. The maximum Gasteiger partial charge on any atom is 0.407 e. The average molecular weight is 438 g/mol. The van der Waals surface area contributed by atoms with E-state index >= 15 is 0 Å². The van der Waals surface area contributed by atoms with Gasteiger partial charge < -0.3 is 15.0 Å². The van der Waals surface area contributed by atoms with Crippen molar-refractivity contribution in [3.63, 3.8) is 0 Å². The van der Waals surface area contributed by atoms with Crippen molar-refractivity contribution in [1.29, 1.82) is 0 Å². The summed E-state index contributed by atoms with van der Waals surface area (Å²) in [5.74, 6) is 2.34. The predicted molar refractivity (Wildman–Crippen MR) is 121 cm³/mol. The maximum absolute atomic E-state index is 12.1. The fraction of sp³-hybridized carbons (Fsp3) is 0.565. The van der Waals surface area contributed by atoms with Crippen LogP contribution in [-0.4, -0.2) is 55.7 Å². The molecular weight excluding hydrogens is 406 g/mol. The van der Waals surface area contributed by atoms with Gasteiger partial charge >= 0.3 is 6.09 Å². The van der Waals surface area contributed by atoms with Gasteiger partial charge in [-0.3, -0.25) is 4.68 Å². The lowest BCUT2D eigenvalue weighted by molar-refractivity contribution is 0.0918. The zero-order chi connectivity index (χ0) is 22.5. The molecule has 3 aromatic heterocycles. The Labute approximate surface area is 187 Å². The molecule has 0 aromatic carbocycles. The number of anilines is 1. The van der Waals surface area contributed by atoms with Gasteiger partial charge in [-0.1, -0.05) is 0 Å². The standard InChI is InChI=1S/C23H31N7O2/c1-23(2,3)27-22(31)32-14-18-15-5-6-16(18)12-29(11-15)21-20-7-8-24-30(20)13-19(26-21)17-9-25-28(4)10-17/h7-10,13,15-16,18H,5-6,11-12,14H2,1-4H3,(H,27,31). The summed E-state index contributed by atoms with van der Waals surface area (Å²) in [5.41, 5.74) is 2.56. The van der Waals surface area contributed by atoms with Crippen LogP contribution in [0, 0.1) is 17.8 Å². The zero-order valence-electron chi connectivity index (χ0n) is 19.2. The van der Waals surface area contributed by atoms with E-state index in [1.165, 1.54) is 0 Å². The minimum absolute atomic E-state index is 0.291. The SMILES string of the molecule is Cn1cc(-c2cn3nccc3c(N3CC4CCC(C3)C4COC(=O)NC(C)(C)C)n2)cn1. The first-order valence-electron chi connectivity index (χ1n) is 11.3. The monoisotopic (exact) mass is 437 g/mol. The number of piperidine rings is 1. The van der Waals surface area contributed by atoms with Crippen LogP contribution in [0.4, 0.5) is 10.6 Å². The Hall–Kier alpha value is -3.10. The van der Waals surface area contributed by atoms with Crippen LogP contribution in [0.5, 0.6) is 0 Å². The van der Waals surface area contributed by atoms with Crippen molar-refractivity contribution in [2.75, 3.05) is 24.6 Å². The average Bonchev–Trinajstić information content (AvgIpc) is 3.42. The topological polar surface area (TPSA) is 89.6 Å². The Balaban J connectivity index is 1.34. The Morgan fingerprint density at radius 3 is 2.59 bits per heavy atom. The highest BCUT2D eigenvalue weighted by Crippen LogP contribution is 2.43. The lowest BCUT2D eigenvalue weighted by atomic mass is 9.85. The molecule has 2 unspecified atom stereocenters. The fourth-order valence-corrected chi connectivity index (χ4v) is 5.13. The van der Waals surface area contributed by atoms with Crippen LogP contribution in [0.25, 0.3) is 16.8 Å². The summed E-state index contributed by atoms with van der Waals surface area (Å²) >= 11 is 0. The van der Waals surface area contributed by atoms with Gasteiger partial charge in [-0.15, -0.1) is 0 Å². The van der Waals surface area contributed by atoms with Gasteiger partial charge in [-0.25, -0.2) is 14.3 Å². The van der Waals surface area contributed by atoms with Crippen molar-refractivity contribution in [3.05, 3.63) is 30.9 Å². The Morgan fingerprint density at radius 1 is 1.19 bits per heavy atom. The van der Waals surface area contributed by atoms with Crippen LogP contribution in [-0.2, 0) is 11.8 Å². The predicted octanol–water partition coefficient (Wildman–Crippen LogP) is 3.12. The minimum atomic E-state index is -0.328. The molecule has 1 saturated carbocycles. The van der Waals surface area contributed by atoms with Gasteiger partial charge in [0.2, 0.25) is 0 Å². The third-order valence-electron chi connectivity index (χ3n) is 6.58. The second-order valence-corrected chi connectivity index (χ2v) is 10.2. The zero-order valence-corrected chi connectivity index (χ0v) is 19.2. The van der Waals surface area contributed by atoms with Gasteiger partial charge in [0.25, 0.3) is 0 Å². The van der Waals surface area contributed by atoms with E-state index in [-0.39, 0.29) is 11.6 Å². The molecule has 0 spiro atoms. The molecule has 1 N–H and O–H groups in total. The first-order valence-corrected chi connectivity index (χ1v) is 11.3. The summed E-state index contributed by atoms with van der Waals surface area (Å²) < 4.78 is 9.29. The Morgan fingerprint density at radius 2 is 1.94 bits per heavy atom. The number of hydrogen-bond acceptors (Lipinski definition) is 6. The maximum atomic E-state index is 12.1. The molecule has 9 nitrogen and oxygen atoms in total. The van der Waals surface area contributed by atoms with E-state index in [2.05, 4.69) is 20.4 Å². The van der Waals surface area contributed by atoms with E-state index < -0.39 is 0 Å². The molecule has 2 atom stereocenters. The molecule has 9 heteroatoms. The van der Waals surface area contributed by atoms with E-state index in [0.717, 1.165) is 48.5 Å². The lowest BCUT2D eigenvalue weighted by Crippen LogP contribution is -2.46. The van der Waals surface area contributed by atoms with E-state index in [1.54, 1.807) is 4.68 Å². The van der Waals surface area contributed by atoms with Crippen LogP contribution in [0.3, 0.4) is 0 Å². The number of nitrogens with zero attached hydrogens (tertiary/aromatic N) is 6. The molecule has 1 aliphatic heterocycles. The number of carbonyl (C=O) groups is 1. The number of rotatable bonds is 4. The summed E-state index contributed by atoms with van der Waals surface area (Å²) in [5, 5.41) is 11.6. The number of fused-ring (bicyclic) bond motifs is 3. The molecule has 1 aliphatic carbocycles. The highest BCUT2D eigenvalue weighted by molar-refractivity contribution is 5.73. The van der Waals surface area contributed by atoms with E-state index in [4.69, 9.17) is 9.72 Å². The van der Waals surface area contributed by atoms with Crippen LogP contribution in [0.15, 0.2) is 30.9 Å². The second-order valence-electron chi connectivity index (χ2n) is 10.2. The smallest absolute Gasteiger partial charge is 0.407 e. The third kappa shape index (κ3) is 4.03. The number of aryl methyl sites for hydroxylation is 1. The minimum Gasteiger partial charge on any atom is -0.449 e. The van der Waals surface area contributed by atoms with Crippen molar-refractivity contribution in [1.82, 2.24) is 29.7 Å². The summed E-state index contributed by atoms with van der Waals surface area (Å²) in [4.78, 5) is 19.6. The summed E-state index contributed by atoms with van der Waals surface area (Å²) in [6.45, 7) is 8.18. The third-order valence-corrected chi connectivity index (χ3v) is 6.58. The largest absolute Gasteiger partial charge is 0.449 e. The Kier molecular flexibility index (Phi) is 5.06. The van der Waals surface area contributed by atoms with Crippen molar-refractivity contribution in [3.8, 4) is 11.3 Å². The van der Waals surface area contributed by atoms with E-state index in [0.29, 0.717) is 24.4 Å². The highest BCUT2D eigenvalue weighted by atomic mass is 16.5. The molecule has 5 rings (SSSR count). The molecule has 170 valence electrons. The molecule has 3 aromatic rings. The van der Waals surface area contributed by atoms with Gasteiger partial charge in [0.15, 0.2) is 5.82 Å². The highest BCUT2D eigenvalue weighted by Gasteiger charge is 2.43. The van der Waals surface area contributed by atoms with Crippen LogP contribution < -0.4 is 10.2 Å². The van der Waals surface area contributed by atoms with Crippen molar-refractivity contribution < 1.29 is 9.53 Å². The lowest BCUT2D eigenvalue weighted by Gasteiger charge is -2.38. The van der Waals surface area contributed by atoms with Crippen LogP contribution in [0.2, 0.25) is 0 Å². The number of hydrogen-bond donors (Lipinski definition) is 1. The molecule has 1 saturated heterocycles. The number of amides is 1. The van der Waals surface area contributed by atoms with Gasteiger partial charge in [0.1, 0.15) is 5.52 Å². The second kappa shape index (κ2) is 7.79. The van der Waals surface area contributed by atoms with Gasteiger partial charge in [0, 0.05) is 43.4 Å². The number of ether oxygens (including phenoxy) is 1. The molecule has 2 fully saturated rings. The quantitative estimate of drug-likeness (QED) is 0.675. The Bertz CT molecular complexity index is 1120. The number of carbonyl (C=O) groups excluding carboxylic acids is 1. The normalized spacial score (nSPS) is 23.0. The molecule has 32 heavy (non-hydrogen) atoms. The number of alkyl carbamates (subject to hydrolysis) is 1. The first kappa shape index (κ1) is 20.8. The molecule has 0 radical (unpaired) electrons. The van der Waals surface area contributed by atoms with Gasteiger partial charge in [0.05, 0.1) is 30.9 Å². The van der Waals surface area contributed by atoms with E-state index in [9.17, 15) is 4.79 Å². The molecule has 2 aliphatic rings. The molecular formula is C23H31N7O2.